The average Bonchev–Trinajstić information content (AvgIpc) is 2.63. The van der Waals surface area contributed by atoms with E-state index in [4.69, 9.17) is 11.6 Å². The van der Waals surface area contributed by atoms with Gasteiger partial charge in [-0.05, 0) is 75.7 Å². The van der Waals surface area contributed by atoms with Crippen molar-refractivity contribution in [3.63, 3.8) is 0 Å². The van der Waals surface area contributed by atoms with Crippen molar-refractivity contribution >= 4 is 17.5 Å². The number of nitrogens with zero attached hydrogens (tertiary/aromatic N) is 1. The van der Waals surface area contributed by atoms with Crippen molar-refractivity contribution in [2.75, 3.05) is 19.6 Å². The predicted molar refractivity (Wildman–Crippen MR) is 101 cm³/mol. The number of hydrogen-bond acceptors (Lipinski definition) is 3. The molecule has 25 heavy (non-hydrogen) atoms. The third-order valence-electron chi connectivity index (χ3n) is 5.72. The molecule has 1 saturated heterocycles. The lowest BCUT2D eigenvalue weighted by atomic mass is 9.78. The largest absolute Gasteiger partial charge is 0.507 e. The van der Waals surface area contributed by atoms with Crippen LogP contribution in [-0.2, 0) is 0 Å². The first-order valence-electron chi connectivity index (χ1n) is 9.66. The minimum absolute atomic E-state index is 0.0291. The van der Waals surface area contributed by atoms with Gasteiger partial charge < -0.3 is 15.3 Å². The fourth-order valence-corrected chi connectivity index (χ4v) is 4.60. The summed E-state index contributed by atoms with van der Waals surface area (Å²) in [4.78, 5) is 14.8. The van der Waals surface area contributed by atoms with Crippen LogP contribution in [0, 0.1) is 5.92 Å². The van der Waals surface area contributed by atoms with Crippen LogP contribution < -0.4 is 5.32 Å². The number of rotatable bonds is 6. The van der Waals surface area contributed by atoms with Gasteiger partial charge in [-0.15, -0.1) is 0 Å². The summed E-state index contributed by atoms with van der Waals surface area (Å²) in [6.45, 7) is 3.01. The van der Waals surface area contributed by atoms with Gasteiger partial charge in [-0.25, -0.2) is 0 Å². The number of halogens is 1. The minimum atomic E-state index is -0.259. The van der Waals surface area contributed by atoms with Crippen LogP contribution in [0.25, 0.3) is 0 Å². The molecule has 1 heterocycles. The Morgan fingerprint density at radius 3 is 2.88 bits per heavy atom. The number of carbonyl (C=O) groups is 1. The van der Waals surface area contributed by atoms with Crippen molar-refractivity contribution in [2.45, 2.75) is 57.4 Å². The molecule has 1 amide bonds. The van der Waals surface area contributed by atoms with E-state index in [0.717, 1.165) is 31.3 Å². The van der Waals surface area contributed by atoms with Gasteiger partial charge in [0.2, 0.25) is 0 Å². The summed E-state index contributed by atoms with van der Waals surface area (Å²) in [5, 5.41) is 13.1. The number of hydrogen-bond donors (Lipinski definition) is 2. The van der Waals surface area contributed by atoms with Crippen LogP contribution in [-0.4, -0.2) is 41.6 Å². The molecule has 1 aliphatic carbocycles. The van der Waals surface area contributed by atoms with Gasteiger partial charge >= 0.3 is 0 Å². The maximum absolute atomic E-state index is 12.1. The third kappa shape index (κ3) is 4.89. The number of phenolic OH excluding ortho intramolecular Hbond substituents is 1. The molecule has 3 rings (SSSR count). The highest BCUT2D eigenvalue weighted by Gasteiger charge is 2.32. The molecule has 1 aromatic carbocycles. The van der Waals surface area contributed by atoms with E-state index in [0.29, 0.717) is 11.6 Å². The summed E-state index contributed by atoms with van der Waals surface area (Å²) in [5.74, 6) is 0.636. The first-order chi connectivity index (χ1) is 12.1. The summed E-state index contributed by atoms with van der Waals surface area (Å²) in [7, 11) is 0. The Labute approximate surface area is 155 Å². The Kier molecular flexibility index (Phi) is 6.60. The van der Waals surface area contributed by atoms with Gasteiger partial charge in [-0.3, -0.25) is 4.79 Å². The fourth-order valence-electron chi connectivity index (χ4n) is 4.43. The summed E-state index contributed by atoms with van der Waals surface area (Å²) in [6.07, 6.45) is 10.4. The molecule has 0 unspecified atom stereocenters. The summed E-state index contributed by atoms with van der Waals surface area (Å²) >= 11 is 5.89. The van der Waals surface area contributed by atoms with Gasteiger partial charge in [0, 0.05) is 17.6 Å². The van der Waals surface area contributed by atoms with Crippen molar-refractivity contribution in [1.29, 1.82) is 0 Å². The zero-order chi connectivity index (χ0) is 17.6. The van der Waals surface area contributed by atoms with E-state index in [1.165, 1.54) is 57.2 Å². The van der Waals surface area contributed by atoms with E-state index in [-0.39, 0.29) is 17.2 Å². The number of aromatic hydroxyl groups is 1. The highest BCUT2D eigenvalue weighted by molar-refractivity contribution is 6.31. The minimum Gasteiger partial charge on any atom is -0.507 e. The number of carbonyl (C=O) groups excluding carboxylic acids is 1. The summed E-state index contributed by atoms with van der Waals surface area (Å²) < 4.78 is 0. The lowest BCUT2D eigenvalue weighted by Gasteiger charge is -2.44. The number of nitrogens with one attached hydrogen (secondary N) is 1. The molecule has 0 bridgehead atoms. The van der Waals surface area contributed by atoms with Crippen molar-refractivity contribution < 1.29 is 9.90 Å². The first kappa shape index (κ1) is 18.5. The van der Waals surface area contributed by atoms with Crippen LogP contribution in [0.1, 0.15) is 61.7 Å². The van der Waals surface area contributed by atoms with E-state index in [1.807, 2.05) is 0 Å². The second-order valence-electron chi connectivity index (χ2n) is 7.41. The molecule has 2 fully saturated rings. The zero-order valence-electron chi connectivity index (χ0n) is 14.8. The van der Waals surface area contributed by atoms with E-state index in [2.05, 4.69) is 10.2 Å². The van der Waals surface area contributed by atoms with Gasteiger partial charge in [0.25, 0.3) is 5.91 Å². The van der Waals surface area contributed by atoms with Gasteiger partial charge in [0.15, 0.2) is 0 Å². The zero-order valence-corrected chi connectivity index (χ0v) is 15.6. The molecular weight excluding hydrogens is 336 g/mol. The first-order valence-corrected chi connectivity index (χ1v) is 10.0. The fraction of sp³-hybridized carbons (Fsp3) is 0.650. The molecule has 5 heteroatoms. The molecule has 0 radical (unpaired) electrons. The van der Waals surface area contributed by atoms with Gasteiger partial charge in [-0.2, -0.15) is 0 Å². The predicted octanol–water partition coefficient (Wildman–Crippen LogP) is 4.21. The standard InChI is InChI=1S/C20H29ClN2O2/c21-16-9-10-19(24)17(14-16)20(25)22-11-3-4-12-23-13-5-7-15-6-1-2-8-18(15)23/h9-10,14-15,18,24H,1-8,11-13H2,(H,22,25)/t15-,18+/m0/s1. The lowest BCUT2D eigenvalue weighted by Crippen LogP contribution is -2.47. The quantitative estimate of drug-likeness (QED) is 0.743. The number of piperidine rings is 1. The van der Waals surface area contributed by atoms with Gasteiger partial charge in [0.1, 0.15) is 5.75 Å². The van der Waals surface area contributed by atoms with Crippen LogP contribution in [0.5, 0.6) is 5.75 Å². The Bertz CT molecular complexity index is 591. The van der Waals surface area contributed by atoms with Crippen molar-refractivity contribution in [2.24, 2.45) is 5.92 Å². The highest BCUT2D eigenvalue weighted by atomic mass is 35.5. The molecule has 0 aromatic heterocycles. The number of fused-ring (bicyclic) bond motifs is 1. The monoisotopic (exact) mass is 364 g/mol. The van der Waals surface area contributed by atoms with Crippen molar-refractivity contribution in [3.05, 3.63) is 28.8 Å². The number of unbranched alkanes of at least 4 members (excludes halogenated alkanes) is 1. The Morgan fingerprint density at radius 1 is 1.20 bits per heavy atom. The highest BCUT2D eigenvalue weighted by Crippen LogP contribution is 2.35. The van der Waals surface area contributed by atoms with Crippen molar-refractivity contribution in [1.82, 2.24) is 10.2 Å². The van der Waals surface area contributed by atoms with Crippen LogP contribution in [0.4, 0.5) is 0 Å². The van der Waals surface area contributed by atoms with E-state index in [1.54, 1.807) is 6.07 Å². The second-order valence-corrected chi connectivity index (χ2v) is 7.85. The SMILES string of the molecule is O=C(NCCCCN1CCC[C@@H]2CCCC[C@H]21)c1cc(Cl)ccc1O. The van der Waals surface area contributed by atoms with Gasteiger partial charge in [-0.1, -0.05) is 24.4 Å². The normalized spacial score (nSPS) is 23.9. The maximum atomic E-state index is 12.1. The van der Waals surface area contributed by atoms with Crippen LogP contribution in [0.3, 0.4) is 0 Å². The van der Waals surface area contributed by atoms with Crippen LogP contribution in [0.2, 0.25) is 5.02 Å². The molecule has 2 atom stereocenters. The summed E-state index contributed by atoms with van der Waals surface area (Å²) in [5.41, 5.74) is 0.244. The number of benzene rings is 1. The Morgan fingerprint density at radius 2 is 2.00 bits per heavy atom. The molecule has 2 aliphatic rings. The second kappa shape index (κ2) is 8.91. The molecule has 138 valence electrons. The molecule has 1 aromatic rings. The smallest absolute Gasteiger partial charge is 0.255 e. The molecular formula is C20H29ClN2O2. The van der Waals surface area contributed by atoms with E-state index < -0.39 is 0 Å². The molecule has 4 nitrogen and oxygen atoms in total. The third-order valence-corrected chi connectivity index (χ3v) is 5.95. The van der Waals surface area contributed by atoms with Crippen molar-refractivity contribution in [3.8, 4) is 5.75 Å². The molecule has 0 spiro atoms. The Balaban J connectivity index is 1.38. The average molecular weight is 365 g/mol. The van der Waals surface area contributed by atoms with E-state index >= 15 is 0 Å². The molecule has 1 aliphatic heterocycles. The topological polar surface area (TPSA) is 52.6 Å². The molecule has 1 saturated carbocycles. The number of amides is 1. The number of phenols is 1. The number of likely N-dealkylation sites (tertiary alicyclic amines) is 1. The summed E-state index contributed by atoms with van der Waals surface area (Å²) in [6, 6.07) is 5.34. The van der Waals surface area contributed by atoms with E-state index in [9.17, 15) is 9.90 Å². The maximum Gasteiger partial charge on any atom is 0.255 e. The lowest BCUT2D eigenvalue weighted by molar-refractivity contribution is 0.0596. The molecule has 2 N–H and O–H groups in total. The Hall–Kier alpha value is -1.26. The van der Waals surface area contributed by atoms with Gasteiger partial charge in [0.05, 0.1) is 5.56 Å². The van der Waals surface area contributed by atoms with Crippen LogP contribution in [0.15, 0.2) is 18.2 Å². The van der Waals surface area contributed by atoms with Crippen LogP contribution >= 0.6 is 11.6 Å².